The molecule has 0 spiro atoms. The number of aromatic nitrogens is 1. The van der Waals surface area contributed by atoms with Crippen LogP contribution in [-0.4, -0.2) is 4.98 Å². The highest BCUT2D eigenvalue weighted by molar-refractivity contribution is 7.99. The van der Waals surface area contributed by atoms with Gasteiger partial charge in [0, 0.05) is 62.9 Å². The van der Waals surface area contributed by atoms with Crippen molar-refractivity contribution in [1.82, 2.24) is 4.98 Å². The molecule has 220 valence electrons. The van der Waals surface area contributed by atoms with Gasteiger partial charge in [-0.25, -0.2) is 4.98 Å². The van der Waals surface area contributed by atoms with Crippen LogP contribution >= 0.6 is 23.1 Å². The molecule has 0 fully saturated rings. The molecular weight excluding hydrogens is 609 g/mol. The summed E-state index contributed by atoms with van der Waals surface area (Å²) in [5, 5.41) is 6.28. The topological polar surface area (TPSA) is 16.1 Å². The molecule has 0 amide bonds. The molecule has 4 heteroatoms. The fraction of sp³-hybridized carbons (Fsp3) is 0. The molecule has 1 aliphatic heterocycles. The Balaban J connectivity index is 1.21. The summed E-state index contributed by atoms with van der Waals surface area (Å²) in [7, 11) is 0. The molecule has 0 unspecified atom stereocenters. The Labute approximate surface area is 280 Å². The third-order valence-electron chi connectivity index (χ3n) is 9.24. The second-order valence-electron chi connectivity index (χ2n) is 11.9. The summed E-state index contributed by atoms with van der Waals surface area (Å²) in [4.78, 5) is 10.4. The van der Waals surface area contributed by atoms with Crippen LogP contribution in [0.3, 0.4) is 0 Å². The molecule has 9 aromatic rings. The summed E-state index contributed by atoms with van der Waals surface area (Å²) in [6, 6.07) is 57.0. The average Bonchev–Trinajstić information content (AvgIpc) is 3.53. The molecule has 2 aromatic heterocycles. The summed E-state index contributed by atoms with van der Waals surface area (Å²) in [5.74, 6) is 0. The van der Waals surface area contributed by atoms with E-state index < -0.39 is 0 Å². The summed E-state index contributed by atoms with van der Waals surface area (Å²) in [6.45, 7) is 0. The van der Waals surface area contributed by atoms with Crippen molar-refractivity contribution in [3.05, 3.63) is 158 Å². The van der Waals surface area contributed by atoms with Crippen LogP contribution in [-0.2, 0) is 0 Å². The van der Waals surface area contributed by atoms with Gasteiger partial charge in [-0.15, -0.1) is 11.3 Å². The van der Waals surface area contributed by atoms with E-state index >= 15 is 0 Å². The van der Waals surface area contributed by atoms with E-state index in [9.17, 15) is 0 Å². The van der Waals surface area contributed by atoms with Crippen molar-refractivity contribution in [3.63, 3.8) is 0 Å². The summed E-state index contributed by atoms with van der Waals surface area (Å²) >= 11 is 3.70. The predicted molar refractivity (Wildman–Crippen MR) is 202 cm³/mol. The maximum Gasteiger partial charge on any atom is 0.0794 e. The maximum atomic E-state index is 5.48. The van der Waals surface area contributed by atoms with Gasteiger partial charge in [0.15, 0.2) is 0 Å². The minimum Gasteiger partial charge on any atom is -0.308 e. The van der Waals surface area contributed by atoms with Crippen LogP contribution < -0.4 is 4.90 Å². The first-order valence-corrected chi connectivity index (χ1v) is 17.4. The molecule has 0 aliphatic carbocycles. The van der Waals surface area contributed by atoms with Crippen LogP contribution in [0, 0.1) is 0 Å². The van der Waals surface area contributed by atoms with Gasteiger partial charge in [0.25, 0.3) is 0 Å². The Bertz CT molecular complexity index is 2610. The Hall–Kier alpha value is -5.42. The lowest BCUT2D eigenvalue weighted by Crippen LogP contribution is -2.14. The number of rotatable bonds is 3. The van der Waals surface area contributed by atoms with Gasteiger partial charge in [-0.2, -0.15) is 0 Å². The molecule has 7 aromatic carbocycles. The van der Waals surface area contributed by atoms with E-state index in [1.54, 1.807) is 0 Å². The molecule has 3 heterocycles. The van der Waals surface area contributed by atoms with Crippen molar-refractivity contribution >= 4 is 82.0 Å². The number of anilines is 3. The molecule has 1 aliphatic rings. The first-order chi connectivity index (χ1) is 23.3. The Morgan fingerprint density at radius 3 is 1.91 bits per heavy atom. The first-order valence-electron chi connectivity index (χ1n) is 15.8. The zero-order valence-electron chi connectivity index (χ0n) is 25.2. The number of para-hydroxylation sites is 3. The molecule has 0 bridgehead atoms. The number of thiophene rings is 1. The van der Waals surface area contributed by atoms with Crippen LogP contribution in [0.15, 0.2) is 168 Å². The lowest BCUT2D eigenvalue weighted by molar-refractivity contribution is 1.17. The maximum absolute atomic E-state index is 5.48. The molecule has 0 saturated heterocycles. The highest BCUT2D eigenvalue weighted by atomic mass is 32.2. The fourth-order valence-electron chi connectivity index (χ4n) is 7.15. The molecule has 0 saturated carbocycles. The first kappa shape index (κ1) is 26.8. The zero-order valence-corrected chi connectivity index (χ0v) is 26.9. The molecule has 2 nitrogen and oxygen atoms in total. The van der Waals surface area contributed by atoms with Gasteiger partial charge >= 0.3 is 0 Å². The summed E-state index contributed by atoms with van der Waals surface area (Å²) < 4.78 is 2.62. The van der Waals surface area contributed by atoms with Crippen molar-refractivity contribution in [3.8, 4) is 22.4 Å². The van der Waals surface area contributed by atoms with E-state index in [1.165, 1.54) is 57.5 Å². The number of benzene rings is 7. The number of nitrogens with zero attached hydrogens (tertiary/aromatic N) is 2. The number of pyridine rings is 1. The quantitative estimate of drug-likeness (QED) is 0.180. The second-order valence-corrected chi connectivity index (χ2v) is 14.1. The molecule has 47 heavy (non-hydrogen) atoms. The van der Waals surface area contributed by atoms with Crippen molar-refractivity contribution in [2.45, 2.75) is 9.79 Å². The average molecular weight is 635 g/mol. The van der Waals surface area contributed by atoms with Crippen LogP contribution in [0.1, 0.15) is 0 Å². The third kappa shape index (κ3) is 4.15. The van der Waals surface area contributed by atoms with Crippen molar-refractivity contribution < 1.29 is 0 Å². The zero-order chi connectivity index (χ0) is 30.9. The van der Waals surface area contributed by atoms with E-state index in [0.29, 0.717) is 0 Å². The van der Waals surface area contributed by atoms with Crippen molar-refractivity contribution in [1.29, 1.82) is 0 Å². The lowest BCUT2D eigenvalue weighted by Gasteiger charge is -2.32. The van der Waals surface area contributed by atoms with Gasteiger partial charge in [-0.05, 0) is 54.1 Å². The van der Waals surface area contributed by atoms with Gasteiger partial charge in [-0.3, -0.25) is 0 Å². The minimum atomic E-state index is 1.02. The van der Waals surface area contributed by atoms with Crippen LogP contribution in [0.25, 0.3) is 64.2 Å². The van der Waals surface area contributed by atoms with Gasteiger partial charge in [-0.1, -0.05) is 121 Å². The number of hydrogen-bond acceptors (Lipinski definition) is 4. The molecular formula is C43H26N2S2. The summed E-state index contributed by atoms with van der Waals surface area (Å²) in [6.07, 6.45) is 0. The van der Waals surface area contributed by atoms with Crippen LogP contribution in [0.2, 0.25) is 0 Å². The smallest absolute Gasteiger partial charge is 0.0794 e. The van der Waals surface area contributed by atoms with Crippen molar-refractivity contribution in [2.75, 3.05) is 4.90 Å². The summed E-state index contributed by atoms with van der Waals surface area (Å²) in [5.41, 5.74) is 9.03. The Morgan fingerprint density at radius 2 is 1.13 bits per heavy atom. The Morgan fingerprint density at radius 1 is 0.447 bits per heavy atom. The minimum absolute atomic E-state index is 1.02. The SMILES string of the molecule is c1ccc(-c2nc3c(-c4ccc(N5c6ccccc6Sc6ccccc65)cc4)cccc3c3c2ccc2sc4ccccc4c23)cc1. The Kier molecular flexibility index (Phi) is 6.01. The molecule has 0 atom stereocenters. The van der Waals surface area contributed by atoms with Crippen LogP contribution in [0.4, 0.5) is 17.1 Å². The van der Waals surface area contributed by atoms with Gasteiger partial charge in [0.1, 0.15) is 0 Å². The largest absolute Gasteiger partial charge is 0.308 e. The number of fused-ring (bicyclic) bond motifs is 9. The van der Waals surface area contributed by atoms with E-state index in [0.717, 1.165) is 33.6 Å². The van der Waals surface area contributed by atoms with E-state index in [4.69, 9.17) is 4.98 Å². The normalized spacial score (nSPS) is 12.6. The van der Waals surface area contributed by atoms with Gasteiger partial charge < -0.3 is 4.90 Å². The van der Waals surface area contributed by atoms with E-state index in [1.807, 2.05) is 23.1 Å². The highest BCUT2D eigenvalue weighted by Crippen LogP contribution is 2.51. The van der Waals surface area contributed by atoms with E-state index in [-0.39, 0.29) is 0 Å². The van der Waals surface area contributed by atoms with Crippen molar-refractivity contribution in [2.24, 2.45) is 0 Å². The fourth-order valence-corrected chi connectivity index (χ4v) is 9.33. The monoisotopic (exact) mass is 634 g/mol. The number of hydrogen-bond donors (Lipinski definition) is 0. The predicted octanol–water partition coefficient (Wildman–Crippen LogP) is 13.0. The highest BCUT2D eigenvalue weighted by Gasteiger charge is 2.24. The lowest BCUT2D eigenvalue weighted by atomic mass is 9.93. The molecule has 0 N–H and O–H groups in total. The van der Waals surface area contributed by atoms with E-state index in [2.05, 4.69) is 163 Å². The molecule has 10 rings (SSSR count). The van der Waals surface area contributed by atoms with Gasteiger partial charge in [0.05, 0.1) is 22.6 Å². The van der Waals surface area contributed by atoms with Gasteiger partial charge in [0.2, 0.25) is 0 Å². The van der Waals surface area contributed by atoms with Crippen LogP contribution in [0.5, 0.6) is 0 Å². The third-order valence-corrected chi connectivity index (χ3v) is 11.5. The molecule has 0 radical (unpaired) electrons. The standard InChI is InChI=1S/C43H26N2S2/c1-2-11-28(12-3-1)42-33-25-26-39-41(31-13-4-7-18-36(31)46-39)40(33)32-15-10-14-30(43(32)44-42)27-21-23-29(24-22-27)45-34-16-5-8-19-37(34)47-38-20-9-6-17-35(38)45/h1-26H. The second kappa shape index (κ2) is 10.6.